The summed E-state index contributed by atoms with van der Waals surface area (Å²) in [6, 6.07) is 1.09. The van der Waals surface area contributed by atoms with E-state index >= 15 is 0 Å². The number of hydrogen-bond donors (Lipinski definition) is 0. The van der Waals surface area contributed by atoms with Gasteiger partial charge >= 0.3 is 0 Å². The fraction of sp³-hybridized carbons (Fsp3) is 0.364. The van der Waals surface area contributed by atoms with Crippen LogP contribution in [0.25, 0.3) is 0 Å². The van der Waals surface area contributed by atoms with Crippen LogP contribution in [-0.2, 0) is 5.41 Å². The van der Waals surface area contributed by atoms with Crippen LogP contribution >= 0.6 is 0 Å². The van der Waals surface area contributed by atoms with E-state index in [1.807, 2.05) is 0 Å². The molecule has 0 aliphatic carbocycles. The molecule has 1 nitrogen and oxygen atoms in total. The molecule has 16 heavy (non-hydrogen) atoms. The summed E-state index contributed by atoms with van der Waals surface area (Å²) in [5.41, 5.74) is -3.02. The van der Waals surface area contributed by atoms with Gasteiger partial charge < -0.3 is 0 Å². The molecule has 0 fully saturated rings. The molecule has 0 atom stereocenters. The lowest BCUT2D eigenvalue weighted by Crippen LogP contribution is -2.19. The molecule has 0 aliphatic heterocycles. The lowest BCUT2D eigenvalue weighted by Gasteiger charge is -2.21. The molecular formula is C11H9F4N. The molecule has 0 saturated carbocycles. The summed E-state index contributed by atoms with van der Waals surface area (Å²) < 4.78 is 53.4. The molecule has 5 heteroatoms. The lowest BCUT2D eigenvalue weighted by molar-refractivity contribution is 0.402. The van der Waals surface area contributed by atoms with E-state index in [-0.39, 0.29) is 0 Å². The molecule has 0 bridgehead atoms. The maximum atomic E-state index is 13.5. The Kier molecular flexibility index (Phi) is 2.95. The SMILES string of the molecule is CC(C)(C)c1c(F)c(F)c(C#N)c(F)c1F. The Bertz CT molecular complexity index is 451. The zero-order valence-electron chi connectivity index (χ0n) is 8.96. The zero-order valence-corrected chi connectivity index (χ0v) is 8.96. The summed E-state index contributed by atoms with van der Waals surface area (Å²) in [4.78, 5) is 0. The quantitative estimate of drug-likeness (QED) is 0.495. The summed E-state index contributed by atoms with van der Waals surface area (Å²) in [6.07, 6.45) is 0. The maximum Gasteiger partial charge on any atom is 0.180 e. The number of benzene rings is 1. The van der Waals surface area contributed by atoms with Crippen LogP contribution in [0, 0.1) is 34.6 Å². The molecule has 0 radical (unpaired) electrons. The third kappa shape index (κ3) is 1.75. The third-order valence-electron chi connectivity index (χ3n) is 2.13. The largest absolute Gasteiger partial charge is 0.203 e. The minimum atomic E-state index is -1.65. The fourth-order valence-corrected chi connectivity index (χ4v) is 1.39. The molecule has 0 aliphatic rings. The van der Waals surface area contributed by atoms with Crippen LogP contribution in [0.15, 0.2) is 0 Å². The van der Waals surface area contributed by atoms with Crippen molar-refractivity contribution in [3.05, 3.63) is 34.4 Å². The average molecular weight is 231 g/mol. The van der Waals surface area contributed by atoms with Gasteiger partial charge in [-0.05, 0) is 5.41 Å². The fourth-order valence-electron chi connectivity index (χ4n) is 1.39. The smallest absolute Gasteiger partial charge is 0.180 e. The van der Waals surface area contributed by atoms with Gasteiger partial charge in [0.05, 0.1) is 0 Å². The van der Waals surface area contributed by atoms with Crippen LogP contribution < -0.4 is 0 Å². The van der Waals surface area contributed by atoms with Crippen LogP contribution in [-0.4, -0.2) is 0 Å². The van der Waals surface area contributed by atoms with Crippen molar-refractivity contribution in [1.82, 2.24) is 0 Å². The Morgan fingerprint density at radius 1 is 0.875 bits per heavy atom. The molecule has 0 aromatic heterocycles. The molecule has 1 aromatic rings. The lowest BCUT2D eigenvalue weighted by atomic mass is 9.85. The topological polar surface area (TPSA) is 23.8 Å². The van der Waals surface area contributed by atoms with Gasteiger partial charge in [-0.15, -0.1) is 0 Å². The van der Waals surface area contributed by atoms with Gasteiger partial charge in [0.15, 0.2) is 23.3 Å². The van der Waals surface area contributed by atoms with Gasteiger partial charge in [0, 0.05) is 5.56 Å². The molecule has 86 valence electrons. The maximum absolute atomic E-state index is 13.5. The van der Waals surface area contributed by atoms with E-state index in [2.05, 4.69) is 0 Å². The minimum absolute atomic E-state index is 0.693. The van der Waals surface area contributed by atoms with Crippen LogP contribution in [0.4, 0.5) is 17.6 Å². The number of rotatable bonds is 0. The highest BCUT2D eigenvalue weighted by Crippen LogP contribution is 2.32. The van der Waals surface area contributed by atoms with Crippen molar-refractivity contribution in [2.45, 2.75) is 26.2 Å². The number of nitrogens with zero attached hydrogens (tertiary/aromatic N) is 1. The Labute approximate surface area is 90.3 Å². The van der Waals surface area contributed by atoms with Crippen molar-refractivity contribution in [3.63, 3.8) is 0 Å². The first kappa shape index (κ1) is 12.5. The Hall–Kier alpha value is -1.57. The molecule has 0 saturated heterocycles. The van der Waals surface area contributed by atoms with Gasteiger partial charge in [-0.1, -0.05) is 20.8 Å². The summed E-state index contributed by atoms with van der Waals surface area (Å²) in [6.45, 7) is 4.25. The zero-order chi connectivity index (χ0) is 12.7. The van der Waals surface area contributed by atoms with Gasteiger partial charge in [-0.2, -0.15) is 5.26 Å². The normalized spacial score (nSPS) is 11.4. The first-order chi connectivity index (χ1) is 7.21. The summed E-state index contributed by atoms with van der Waals surface area (Å²) in [5, 5.41) is 8.38. The van der Waals surface area contributed by atoms with Crippen molar-refractivity contribution in [1.29, 1.82) is 5.26 Å². The standard InChI is InChI=1S/C11H9F4N/c1-11(2,3)6-9(14)7(12)5(4-16)8(13)10(6)15/h1-3H3. The predicted octanol–water partition coefficient (Wildman–Crippen LogP) is 3.41. The van der Waals surface area contributed by atoms with E-state index in [9.17, 15) is 17.6 Å². The first-order valence-corrected chi connectivity index (χ1v) is 4.48. The third-order valence-corrected chi connectivity index (χ3v) is 2.13. The Morgan fingerprint density at radius 2 is 1.25 bits per heavy atom. The monoisotopic (exact) mass is 231 g/mol. The van der Waals surface area contributed by atoms with Crippen molar-refractivity contribution >= 4 is 0 Å². The van der Waals surface area contributed by atoms with E-state index in [0.29, 0.717) is 0 Å². The van der Waals surface area contributed by atoms with Crippen LogP contribution in [0.3, 0.4) is 0 Å². The molecular weight excluding hydrogens is 222 g/mol. The Balaban J connectivity index is 3.76. The molecule has 0 unspecified atom stereocenters. The van der Waals surface area contributed by atoms with Crippen molar-refractivity contribution in [2.24, 2.45) is 0 Å². The van der Waals surface area contributed by atoms with Crippen LogP contribution in [0.5, 0.6) is 0 Å². The summed E-state index contributed by atoms with van der Waals surface area (Å²) in [7, 11) is 0. The molecule has 0 amide bonds. The Morgan fingerprint density at radius 3 is 1.50 bits per heavy atom. The highest BCUT2D eigenvalue weighted by molar-refractivity contribution is 5.40. The van der Waals surface area contributed by atoms with Gasteiger partial charge in [-0.3, -0.25) is 0 Å². The van der Waals surface area contributed by atoms with E-state index in [0.717, 1.165) is 6.07 Å². The van der Waals surface area contributed by atoms with E-state index in [4.69, 9.17) is 5.26 Å². The molecule has 1 aromatic carbocycles. The number of halogens is 4. The second-order valence-electron chi connectivity index (χ2n) is 4.37. The number of hydrogen-bond acceptors (Lipinski definition) is 1. The summed E-state index contributed by atoms with van der Waals surface area (Å²) >= 11 is 0. The van der Waals surface area contributed by atoms with Gasteiger partial charge in [0.2, 0.25) is 0 Å². The van der Waals surface area contributed by atoms with Crippen molar-refractivity contribution < 1.29 is 17.6 Å². The minimum Gasteiger partial charge on any atom is -0.203 e. The first-order valence-electron chi connectivity index (χ1n) is 4.48. The van der Waals surface area contributed by atoms with Crippen molar-refractivity contribution in [2.75, 3.05) is 0 Å². The predicted molar refractivity (Wildman–Crippen MR) is 49.7 cm³/mol. The molecule has 0 heterocycles. The van der Waals surface area contributed by atoms with E-state index < -0.39 is 39.8 Å². The van der Waals surface area contributed by atoms with Gasteiger partial charge in [0.25, 0.3) is 0 Å². The average Bonchev–Trinajstić information content (AvgIpc) is 2.14. The van der Waals surface area contributed by atoms with Gasteiger partial charge in [-0.25, -0.2) is 17.6 Å². The second-order valence-corrected chi connectivity index (χ2v) is 4.37. The second kappa shape index (κ2) is 3.78. The van der Waals surface area contributed by atoms with Crippen LogP contribution in [0.2, 0.25) is 0 Å². The highest BCUT2D eigenvalue weighted by Gasteiger charge is 2.31. The van der Waals surface area contributed by atoms with E-state index in [1.54, 1.807) is 0 Å². The number of nitriles is 1. The van der Waals surface area contributed by atoms with Gasteiger partial charge in [0.1, 0.15) is 11.6 Å². The molecule has 0 N–H and O–H groups in total. The highest BCUT2D eigenvalue weighted by atomic mass is 19.2. The molecule has 1 rings (SSSR count). The van der Waals surface area contributed by atoms with E-state index in [1.165, 1.54) is 20.8 Å². The molecule has 0 spiro atoms. The summed E-state index contributed by atoms with van der Waals surface area (Å²) in [5.74, 6) is -6.32. The van der Waals surface area contributed by atoms with Crippen LogP contribution in [0.1, 0.15) is 31.9 Å². The van der Waals surface area contributed by atoms with Crippen molar-refractivity contribution in [3.8, 4) is 6.07 Å².